The maximum Gasteiger partial charge on any atom is 0.255 e. The van der Waals surface area contributed by atoms with Crippen LogP contribution < -0.4 is 15.8 Å². The van der Waals surface area contributed by atoms with E-state index in [9.17, 15) is 4.79 Å². The van der Waals surface area contributed by atoms with E-state index in [1.54, 1.807) is 23.9 Å². The molecule has 2 aliphatic heterocycles. The van der Waals surface area contributed by atoms with Gasteiger partial charge in [-0.05, 0) is 12.5 Å². The second kappa shape index (κ2) is 4.63. The van der Waals surface area contributed by atoms with Crippen molar-refractivity contribution in [2.45, 2.75) is 18.5 Å². The molecule has 2 aromatic rings. The van der Waals surface area contributed by atoms with E-state index in [2.05, 4.69) is 25.2 Å². The largest absolute Gasteiger partial charge is 0.336 e. The van der Waals surface area contributed by atoms with Crippen LogP contribution in [-0.2, 0) is 7.05 Å². The van der Waals surface area contributed by atoms with Crippen molar-refractivity contribution >= 4 is 5.95 Å². The molecule has 108 valence electrons. The van der Waals surface area contributed by atoms with Crippen molar-refractivity contribution in [3.63, 3.8) is 0 Å². The summed E-state index contributed by atoms with van der Waals surface area (Å²) in [6.07, 6.45) is 4.24. The van der Waals surface area contributed by atoms with Gasteiger partial charge in [0.05, 0.1) is 11.4 Å². The molecule has 0 aliphatic carbocycles. The summed E-state index contributed by atoms with van der Waals surface area (Å²) in [6, 6.07) is 4.23. The standard InChI is InChI=1S/C14H16N6O/c1-19-13(21)5-12(11-2-3-15-8-17-11)18-14(19)20-7-9-4-10(20)6-16-9/h2-3,5,8-10,16H,4,6-7H2,1H3. The topological polar surface area (TPSA) is 75.9 Å². The van der Waals surface area contributed by atoms with Gasteiger partial charge in [-0.3, -0.25) is 9.36 Å². The molecule has 0 saturated carbocycles. The monoisotopic (exact) mass is 284 g/mol. The highest BCUT2D eigenvalue weighted by Gasteiger charge is 2.39. The summed E-state index contributed by atoms with van der Waals surface area (Å²) < 4.78 is 1.62. The van der Waals surface area contributed by atoms with Crippen LogP contribution in [-0.4, -0.2) is 44.7 Å². The van der Waals surface area contributed by atoms with Crippen LogP contribution in [0.4, 0.5) is 5.95 Å². The van der Waals surface area contributed by atoms with Gasteiger partial charge in [-0.25, -0.2) is 15.0 Å². The Morgan fingerprint density at radius 2 is 2.29 bits per heavy atom. The summed E-state index contributed by atoms with van der Waals surface area (Å²) in [5.74, 6) is 0.727. The SMILES string of the molecule is Cn1c(N2CC3CC2CN3)nc(-c2ccncn2)cc1=O. The Bertz CT molecular complexity index is 728. The number of nitrogens with zero attached hydrogens (tertiary/aromatic N) is 5. The molecule has 2 aliphatic rings. The number of nitrogens with one attached hydrogen (secondary N) is 1. The van der Waals surface area contributed by atoms with E-state index >= 15 is 0 Å². The van der Waals surface area contributed by atoms with E-state index in [4.69, 9.17) is 0 Å². The fourth-order valence-electron chi connectivity index (χ4n) is 3.16. The molecular weight excluding hydrogens is 268 g/mol. The van der Waals surface area contributed by atoms with Crippen LogP contribution in [0.3, 0.4) is 0 Å². The Balaban J connectivity index is 1.80. The van der Waals surface area contributed by atoms with Crippen molar-refractivity contribution in [2.75, 3.05) is 18.0 Å². The first-order valence-corrected chi connectivity index (χ1v) is 7.07. The minimum absolute atomic E-state index is 0.0654. The Morgan fingerprint density at radius 3 is 2.95 bits per heavy atom. The highest BCUT2D eigenvalue weighted by atomic mass is 16.1. The van der Waals surface area contributed by atoms with Crippen molar-refractivity contribution in [2.24, 2.45) is 7.05 Å². The molecule has 2 aromatic heterocycles. The van der Waals surface area contributed by atoms with Gasteiger partial charge < -0.3 is 10.2 Å². The van der Waals surface area contributed by atoms with Crippen LogP contribution in [0.1, 0.15) is 6.42 Å². The van der Waals surface area contributed by atoms with Crippen LogP contribution in [0.25, 0.3) is 11.4 Å². The molecule has 0 radical (unpaired) electrons. The Hall–Kier alpha value is -2.28. The molecule has 1 N–H and O–H groups in total. The molecule has 4 heterocycles. The third kappa shape index (κ3) is 2.01. The summed E-state index contributed by atoms with van der Waals surface area (Å²) in [7, 11) is 1.77. The molecule has 0 amide bonds. The van der Waals surface area contributed by atoms with Crippen LogP contribution in [0, 0.1) is 0 Å². The first kappa shape index (κ1) is 12.5. The molecule has 0 aromatic carbocycles. The molecular formula is C14H16N6O. The molecule has 0 spiro atoms. The number of fused-ring (bicyclic) bond motifs is 2. The van der Waals surface area contributed by atoms with Gasteiger partial charge in [0.2, 0.25) is 5.95 Å². The molecule has 21 heavy (non-hydrogen) atoms. The normalized spacial score (nSPS) is 23.8. The highest BCUT2D eigenvalue weighted by Crippen LogP contribution is 2.28. The molecule has 2 fully saturated rings. The Kier molecular flexibility index (Phi) is 2.75. The Labute approximate surface area is 121 Å². The Morgan fingerprint density at radius 1 is 1.38 bits per heavy atom. The van der Waals surface area contributed by atoms with E-state index in [1.807, 2.05) is 0 Å². The van der Waals surface area contributed by atoms with Crippen LogP contribution >= 0.6 is 0 Å². The van der Waals surface area contributed by atoms with Crippen LogP contribution in [0.2, 0.25) is 0 Å². The first-order valence-electron chi connectivity index (χ1n) is 7.07. The maximum absolute atomic E-state index is 12.2. The zero-order valence-electron chi connectivity index (χ0n) is 11.7. The van der Waals surface area contributed by atoms with Crippen molar-refractivity contribution < 1.29 is 0 Å². The van der Waals surface area contributed by atoms with Gasteiger partial charge >= 0.3 is 0 Å². The molecule has 7 nitrogen and oxygen atoms in total. The zero-order chi connectivity index (χ0) is 14.4. The average Bonchev–Trinajstić information content (AvgIpc) is 3.13. The van der Waals surface area contributed by atoms with Gasteiger partial charge in [0.15, 0.2) is 0 Å². The van der Waals surface area contributed by atoms with E-state index in [1.165, 1.54) is 12.4 Å². The molecule has 2 bridgehead atoms. The lowest BCUT2D eigenvalue weighted by Gasteiger charge is -2.29. The lowest BCUT2D eigenvalue weighted by molar-refractivity contribution is 0.562. The second-order valence-corrected chi connectivity index (χ2v) is 5.58. The van der Waals surface area contributed by atoms with Crippen LogP contribution in [0.5, 0.6) is 0 Å². The van der Waals surface area contributed by atoms with E-state index in [-0.39, 0.29) is 5.56 Å². The quantitative estimate of drug-likeness (QED) is 0.822. The number of piperazine rings is 1. The van der Waals surface area contributed by atoms with Crippen LogP contribution in [0.15, 0.2) is 29.5 Å². The van der Waals surface area contributed by atoms with Gasteiger partial charge in [0.25, 0.3) is 5.56 Å². The number of aromatic nitrogens is 4. The minimum Gasteiger partial charge on any atom is -0.336 e. The maximum atomic E-state index is 12.2. The smallest absolute Gasteiger partial charge is 0.255 e. The fraction of sp³-hybridized carbons (Fsp3) is 0.429. The molecule has 2 unspecified atom stereocenters. The minimum atomic E-state index is -0.0654. The predicted molar refractivity (Wildman–Crippen MR) is 78.0 cm³/mol. The lowest BCUT2D eigenvalue weighted by Crippen LogP contribution is -2.46. The summed E-state index contributed by atoms with van der Waals surface area (Å²) >= 11 is 0. The van der Waals surface area contributed by atoms with Gasteiger partial charge in [0, 0.05) is 44.5 Å². The summed E-state index contributed by atoms with van der Waals surface area (Å²) in [5.41, 5.74) is 1.21. The number of hydrogen-bond acceptors (Lipinski definition) is 6. The highest BCUT2D eigenvalue weighted by molar-refractivity contribution is 5.55. The van der Waals surface area contributed by atoms with Gasteiger partial charge in [-0.2, -0.15) is 0 Å². The average molecular weight is 284 g/mol. The van der Waals surface area contributed by atoms with E-state index in [0.29, 0.717) is 23.5 Å². The zero-order valence-corrected chi connectivity index (χ0v) is 11.7. The molecule has 2 saturated heterocycles. The lowest BCUT2D eigenvalue weighted by atomic mass is 10.2. The molecule has 2 atom stereocenters. The fourth-order valence-corrected chi connectivity index (χ4v) is 3.16. The van der Waals surface area contributed by atoms with Crippen molar-refractivity contribution in [3.05, 3.63) is 35.0 Å². The van der Waals surface area contributed by atoms with Crippen molar-refractivity contribution in [1.82, 2.24) is 24.8 Å². The van der Waals surface area contributed by atoms with Gasteiger partial charge in [-0.15, -0.1) is 0 Å². The van der Waals surface area contributed by atoms with Crippen molar-refractivity contribution in [3.8, 4) is 11.4 Å². The summed E-state index contributed by atoms with van der Waals surface area (Å²) in [5, 5.41) is 3.46. The predicted octanol–water partition coefficient (Wildman–Crippen LogP) is -0.212. The first-order chi connectivity index (χ1) is 10.2. The molecule has 7 heteroatoms. The van der Waals surface area contributed by atoms with E-state index in [0.717, 1.165) is 25.5 Å². The van der Waals surface area contributed by atoms with Gasteiger partial charge in [-0.1, -0.05) is 0 Å². The van der Waals surface area contributed by atoms with Crippen molar-refractivity contribution in [1.29, 1.82) is 0 Å². The van der Waals surface area contributed by atoms with E-state index < -0.39 is 0 Å². The molecule has 4 rings (SSSR count). The van der Waals surface area contributed by atoms with Gasteiger partial charge in [0.1, 0.15) is 6.33 Å². The third-order valence-electron chi connectivity index (χ3n) is 4.27. The third-order valence-corrected chi connectivity index (χ3v) is 4.27. The number of hydrogen-bond donors (Lipinski definition) is 1. The second-order valence-electron chi connectivity index (χ2n) is 5.58. The summed E-state index contributed by atoms with van der Waals surface area (Å²) in [6.45, 7) is 1.86. The summed E-state index contributed by atoms with van der Waals surface area (Å²) in [4.78, 5) is 27.2. The number of anilines is 1. The number of rotatable bonds is 2.